The summed E-state index contributed by atoms with van der Waals surface area (Å²) in [5.74, 6) is -0.133. The van der Waals surface area contributed by atoms with E-state index in [-0.39, 0.29) is 23.0 Å². The van der Waals surface area contributed by atoms with Gasteiger partial charge in [-0.25, -0.2) is 9.37 Å². The molecule has 1 aromatic heterocycles. The summed E-state index contributed by atoms with van der Waals surface area (Å²) in [6, 6.07) is 14.3. The van der Waals surface area contributed by atoms with Crippen LogP contribution in [0.2, 0.25) is 0 Å². The molecule has 1 N–H and O–H groups in total. The standard InChI is InChI=1S/C24H28FN5O2S/c1-28-21-10-5-3-8-19(21)27-23(24(28)32)33-17-22(31)26-11-6-12-29-13-15-30(16-14-29)20-9-4-2-7-18(20)25/h2-5,7-10H,6,11-17H2,1H3,(H,26,31). The summed E-state index contributed by atoms with van der Waals surface area (Å²) in [5.41, 5.74) is 1.97. The molecular formula is C24H28FN5O2S. The molecule has 7 nitrogen and oxygen atoms in total. The van der Waals surface area contributed by atoms with Gasteiger partial charge in [0.2, 0.25) is 5.91 Å². The number of hydrogen-bond acceptors (Lipinski definition) is 6. The van der Waals surface area contributed by atoms with Crippen LogP contribution in [0.1, 0.15) is 6.42 Å². The fourth-order valence-electron chi connectivity index (χ4n) is 3.98. The number of nitrogens with one attached hydrogen (secondary N) is 1. The first kappa shape index (κ1) is 23.3. The lowest BCUT2D eigenvalue weighted by molar-refractivity contribution is -0.118. The smallest absolute Gasteiger partial charge is 0.283 e. The zero-order chi connectivity index (χ0) is 23.2. The van der Waals surface area contributed by atoms with Crippen molar-refractivity contribution in [2.45, 2.75) is 11.4 Å². The first-order valence-electron chi connectivity index (χ1n) is 11.1. The van der Waals surface area contributed by atoms with E-state index in [0.717, 1.165) is 50.2 Å². The summed E-state index contributed by atoms with van der Waals surface area (Å²) < 4.78 is 15.5. The summed E-state index contributed by atoms with van der Waals surface area (Å²) in [7, 11) is 1.71. The number of rotatable bonds is 8. The molecule has 0 unspecified atom stereocenters. The molecule has 2 heterocycles. The third-order valence-corrected chi connectivity index (χ3v) is 6.78. The number of hydrogen-bond donors (Lipinski definition) is 1. The second-order valence-corrected chi connectivity index (χ2v) is 9.01. The van der Waals surface area contributed by atoms with Gasteiger partial charge in [0.15, 0.2) is 5.03 Å². The van der Waals surface area contributed by atoms with Gasteiger partial charge in [-0.05, 0) is 37.2 Å². The van der Waals surface area contributed by atoms with Crippen LogP contribution < -0.4 is 15.8 Å². The fraction of sp³-hybridized carbons (Fsp3) is 0.375. The number of para-hydroxylation sites is 3. The average molecular weight is 470 g/mol. The van der Waals surface area contributed by atoms with E-state index in [2.05, 4.69) is 20.1 Å². The molecule has 33 heavy (non-hydrogen) atoms. The van der Waals surface area contributed by atoms with Crippen LogP contribution in [-0.4, -0.2) is 65.4 Å². The van der Waals surface area contributed by atoms with E-state index in [4.69, 9.17) is 0 Å². The molecule has 0 radical (unpaired) electrons. The third kappa shape index (κ3) is 5.72. The number of nitrogens with zero attached hydrogens (tertiary/aromatic N) is 4. The average Bonchev–Trinajstić information content (AvgIpc) is 2.84. The highest BCUT2D eigenvalue weighted by atomic mass is 32.2. The van der Waals surface area contributed by atoms with E-state index in [1.807, 2.05) is 36.4 Å². The van der Waals surface area contributed by atoms with Crippen LogP contribution in [0.15, 0.2) is 58.4 Å². The highest BCUT2D eigenvalue weighted by Crippen LogP contribution is 2.20. The normalized spacial score (nSPS) is 14.5. The van der Waals surface area contributed by atoms with Crippen molar-refractivity contribution in [3.05, 3.63) is 64.7 Å². The number of amides is 1. The maximum absolute atomic E-state index is 14.0. The molecule has 174 valence electrons. The Hall–Kier alpha value is -2.91. The quantitative estimate of drug-likeness (QED) is 0.404. The lowest BCUT2D eigenvalue weighted by atomic mass is 10.2. The number of fused-ring (bicyclic) bond motifs is 1. The maximum atomic E-state index is 14.0. The minimum Gasteiger partial charge on any atom is -0.367 e. The first-order valence-corrected chi connectivity index (χ1v) is 12.1. The van der Waals surface area contributed by atoms with Gasteiger partial charge in [-0.1, -0.05) is 36.0 Å². The predicted molar refractivity (Wildman–Crippen MR) is 130 cm³/mol. The topological polar surface area (TPSA) is 70.5 Å². The zero-order valence-electron chi connectivity index (χ0n) is 18.7. The molecule has 9 heteroatoms. The van der Waals surface area contributed by atoms with Crippen molar-refractivity contribution in [1.82, 2.24) is 19.8 Å². The van der Waals surface area contributed by atoms with Crippen molar-refractivity contribution < 1.29 is 9.18 Å². The monoisotopic (exact) mass is 469 g/mol. The van der Waals surface area contributed by atoms with Crippen LogP contribution in [0.5, 0.6) is 0 Å². The van der Waals surface area contributed by atoms with E-state index in [1.165, 1.54) is 17.8 Å². The van der Waals surface area contributed by atoms with Crippen LogP contribution in [0, 0.1) is 5.82 Å². The molecule has 1 fully saturated rings. The van der Waals surface area contributed by atoms with E-state index in [0.29, 0.717) is 17.3 Å². The predicted octanol–water partition coefficient (Wildman–Crippen LogP) is 2.49. The van der Waals surface area contributed by atoms with Gasteiger partial charge in [0, 0.05) is 39.8 Å². The van der Waals surface area contributed by atoms with Gasteiger partial charge in [0.1, 0.15) is 5.82 Å². The number of anilines is 1. The Morgan fingerprint density at radius 3 is 2.61 bits per heavy atom. The highest BCUT2D eigenvalue weighted by molar-refractivity contribution is 7.99. The van der Waals surface area contributed by atoms with E-state index >= 15 is 0 Å². The Kier molecular flexibility index (Phi) is 7.61. The second-order valence-electron chi connectivity index (χ2n) is 8.04. The molecular weight excluding hydrogens is 441 g/mol. The van der Waals surface area contributed by atoms with Gasteiger partial charge in [-0.2, -0.15) is 0 Å². The van der Waals surface area contributed by atoms with Gasteiger partial charge in [0.25, 0.3) is 5.56 Å². The molecule has 1 aliphatic rings. The van der Waals surface area contributed by atoms with E-state index < -0.39 is 0 Å². The molecule has 0 atom stereocenters. The minimum atomic E-state index is -0.193. The number of aromatic nitrogens is 2. The number of benzene rings is 2. The van der Waals surface area contributed by atoms with Crippen molar-refractivity contribution in [1.29, 1.82) is 0 Å². The van der Waals surface area contributed by atoms with E-state index in [9.17, 15) is 14.0 Å². The van der Waals surface area contributed by atoms with Crippen LogP contribution in [0.3, 0.4) is 0 Å². The molecule has 1 amide bonds. The lowest BCUT2D eigenvalue weighted by Crippen LogP contribution is -2.47. The number of carbonyl (C=O) groups is 1. The second kappa shape index (κ2) is 10.8. The van der Waals surface area contributed by atoms with Crippen LogP contribution in [0.4, 0.5) is 10.1 Å². The summed E-state index contributed by atoms with van der Waals surface area (Å²) in [4.78, 5) is 33.5. The number of aryl methyl sites for hydroxylation is 1. The van der Waals surface area contributed by atoms with Crippen LogP contribution >= 0.6 is 11.8 Å². The molecule has 1 aliphatic heterocycles. The Morgan fingerprint density at radius 1 is 1.09 bits per heavy atom. The molecule has 0 saturated carbocycles. The molecule has 0 spiro atoms. The fourth-order valence-corrected chi connectivity index (χ4v) is 4.78. The third-order valence-electron chi connectivity index (χ3n) is 5.83. The van der Waals surface area contributed by atoms with Gasteiger partial charge >= 0.3 is 0 Å². The van der Waals surface area contributed by atoms with Crippen LogP contribution in [-0.2, 0) is 11.8 Å². The summed E-state index contributed by atoms with van der Waals surface area (Å²) in [6.45, 7) is 4.78. The number of thioether (sulfide) groups is 1. The summed E-state index contributed by atoms with van der Waals surface area (Å²) >= 11 is 1.17. The highest BCUT2D eigenvalue weighted by Gasteiger charge is 2.19. The zero-order valence-corrected chi connectivity index (χ0v) is 19.5. The molecule has 0 aliphatic carbocycles. The lowest BCUT2D eigenvalue weighted by Gasteiger charge is -2.36. The summed E-state index contributed by atoms with van der Waals surface area (Å²) in [5, 5.41) is 3.26. The molecule has 3 aromatic rings. The van der Waals surface area contributed by atoms with Crippen LogP contribution in [0.25, 0.3) is 11.0 Å². The molecule has 2 aromatic carbocycles. The van der Waals surface area contributed by atoms with Gasteiger partial charge in [-0.3, -0.25) is 14.5 Å². The Labute approximate surface area is 196 Å². The number of carbonyl (C=O) groups excluding carboxylic acids is 1. The van der Waals surface area contributed by atoms with Gasteiger partial charge in [0.05, 0.1) is 22.5 Å². The first-order chi connectivity index (χ1) is 16.0. The Bertz CT molecular complexity index is 1180. The summed E-state index contributed by atoms with van der Waals surface area (Å²) in [6.07, 6.45) is 0.839. The largest absolute Gasteiger partial charge is 0.367 e. The number of piperazine rings is 1. The van der Waals surface area contributed by atoms with Gasteiger partial charge in [-0.15, -0.1) is 0 Å². The van der Waals surface area contributed by atoms with Crippen molar-refractivity contribution in [3.63, 3.8) is 0 Å². The molecule has 4 rings (SSSR count). The molecule has 1 saturated heterocycles. The van der Waals surface area contributed by atoms with Crippen molar-refractivity contribution in [3.8, 4) is 0 Å². The van der Waals surface area contributed by atoms with E-state index in [1.54, 1.807) is 17.7 Å². The van der Waals surface area contributed by atoms with Crippen molar-refractivity contribution in [2.24, 2.45) is 7.05 Å². The maximum Gasteiger partial charge on any atom is 0.283 e. The Morgan fingerprint density at radius 2 is 1.82 bits per heavy atom. The SMILES string of the molecule is Cn1c(=O)c(SCC(=O)NCCCN2CCN(c3ccccc3F)CC2)nc2ccccc21. The number of halogens is 1. The minimum absolute atomic E-state index is 0.110. The van der Waals surface area contributed by atoms with Crippen molar-refractivity contribution >= 4 is 34.4 Å². The van der Waals surface area contributed by atoms with Crippen molar-refractivity contribution in [2.75, 3.05) is 49.9 Å². The Balaban J connectivity index is 1.17. The van der Waals surface area contributed by atoms with Gasteiger partial charge < -0.3 is 14.8 Å². The molecule has 0 bridgehead atoms.